The number of nitrogens with zero attached hydrogens (tertiary/aromatic N) is 2. The van der Waals surface area contributed by atoms with Gasteiger partial charge in [-0.2, -0.15) is 5.10 Å². The van der Waals surface area contributed by atoms with Crippen LogP contribution in [0.2, 0.25) is 0 Å². The molecule has 2 saturated carbocycles. The van der Waals surface area contributed by atoms with E-state index < -0.39 is 0 Å². The highest BCUT2D eigenvalue weighted by Gasteiger charge is 2.61. The number of carbonyl (C=O) groups is 1. The van der Waals surface area contributed by atoms with Crippen molar-refractivity contribution in [2.75, 3.05) is 11.9 Å². The first-order valence-corrected chi connectivity index (χ1v) is 8.80. The van der Waals surface area contributed by atoms with Gasteiger partial charge in [0.05, 0.1) is 18.5 Å². The van der Waals surface area contributed by atoms with E-state index in [4.69, 9.17) is 4.74 Å². The zero-order valence-corrected chi connectivity index (χ0v) is 13.6. The molecule has 5 nitrogen and oxygen atoms in total. The number of hydrogen-bond acceptors (Lipinski definition) is 3. The van der Waals surface area contributed by atoms with Crippen molar-refractivity contribution in [1.82, 2.24) is 9.78 Å². The van der Waals surface area contributed by atoms with E-state index in [9.17, 15) is 4.79 Å². The summed E-state index contributed by atoms with van der Waals surface area (Å²) in [5, 5.41) is 7.41. The second-order valence-electron chi connectivity index (χ2n) is 7.39. The van der Waals surface area contributed by atoms with Gasteiger partial charge in [-0.1, -0.05) is 18.2 Å². The molecule has 1 N–H and O–H groups in total. The van der Waals surface area contributed by atoms with Gasteiger partial charge in [-0.15, -0.1) is 0 Å². The van der Waals surface area contributed by atoms with Gasteiger partial charge in [0.25, 0.3) is 0 Å². The molecule has 124 valence electrons. The summed E-state index contributed by atoms with van der Waals surface area (Å²) in [4.78, 5) is 12.7. The SMILES string of the molecule is O=C(Nc1cnn(CC2CC2)c1)[C@H]1C[C@@]12CCOc1ccccc12. The van der Waals surface area contributed by atoms with Gasteiger partial charge in [0.1, 0.15) is 5.75 Å². The van der Waals surface area contributed by atoms with Gasteiger partial charge in [0.15, 0.2) is 0 Å². The molecule has 0 saturated heterocycles. The fraction of sp³-hybridized carbons (Fsp3) is 0.474. The summed E-state index contributed by atoms with van der Waals surface area (Å²) >= 11 is 0. The third-order valence-electron chi connectivity index (χ3n) is 5.66. The first-order valence-electron chi connectivity index (χ1n) is 8.80. The van der Waals surface area contributed by atoms with E-state index in [1.807, 2.05) is 29.1 Å². The van der Waals surface area contributed by atoms with Gasteiger partial charge in [-0.3, -0.25) is 9.48 Å². The highest BCUT2D eigenvalue weighted by molar-refractivity contribution is 5.96. The number of benzene rings is 1. The van der Waals surface area contributed by atoms with Crippen molar-refractivity contribution < 1.29 is 9.53 Å². The van der Waals surface area contributed by atoms with Crippen molar-refractivity contribution in [3.8, 4) is 5.75 Å². The molecule has 2 fully saturated rings. The second-order valence-corrected chi connectivity index (χ2v) is 7.39. The fourth-order valence-electron chi connectivity index (χ4n) is 4.03. The average molecular weight is 323 g/mol. The maximum Gasteiger partial charge on any atom is 0.228 e. The summed E-state index contributed by atoms with van der Waals surface area (Å²) < 4.78 is 7.69. The maximum atomic E-state index is 12.7. The van der Waals surface area contributed by atoms with Crippen LogP contribution < -0.4 is 10.1 Å². The Morgan fingerprint density at radius 1 is 1.38 bits per heavy atom. The van der Waals surface area contributed by atoms with Crippen LogP contribution in [0, 0.1) is 11.8 Å². The zero-order chi connectivity index (χ0) is 16.1. The van der Waals surface area contributed by atoms with E-state index in [0.29, 0.717) is 6.61 Å². The van der Waals surface area contributed by atoms with Crippen molar-refractivity contribution in [3.63, 3.8) is 0 Å². The number of fused-ring (bicyclic) bond motifs is 2. The first kappa shape index (κ1) is 14.1. The Balaban J connectivity index is 1.30. The quantitative estimate of drug-likeness (QED) is 0.941. The molecular formula is C19H21N3O2. The van der Waals surface area contributed by atoms with Crippen LogP contribution in [-0.2, 0) is 16.8 Å². The fourth-order valence-corrected chi connectivity index (χ4v) is 4.03. The summed E-state index contributed by atoms with van der Waals surface area (Å²) in [6.45, 7) is 1.66. The normalized spacial score (nSPS) is 27.4. The van der Waals surface area contributed by atoms with Crippen molar-refractivity contribution in [1.29, 1.82) is 0 Å². The molecule has 2 heterocycles. The van der Waals surface area contributed by atoms with E-state index in [1.165, 1.54) is 18.4 Å². The first-order chi connectivity index (χ1) is 11.7. The molecule has 3 aliphatic rings. The van der Waals surface area contributed by atoms with E-state index in [1.54, 1.807) is 6.20 Å². The maximum absolute atomic E-state index is 12.7. The number of para-hydroxylation sites is 1. The second kappa shape index (κ2) is 5.10. The number of carbonyl (C=O) groups excluding carboxylic acids is 1. The van der Waals surface area contributed by atoms with Crippen molar-refractivity contribution in [3.05, 3.63) is 42.2 Å². The van der Waals surface area contributed by atoms with Gasteiger partial charge in [0, 0.05) is 29.6 Å². The van der Waals surface area contributed by atoms with Crippen LogP contribution in [0.25, 0.3) is 0 Å². The third kappa shape index (κ3) is 2.30. The van der Waals surface area contributed by atoms with Crippen LogP contribution in [0.1, 0.15) is 31.2 Å². The Kier molecular flexibility index (Phi) is 2.99. The van der Waals surface area contributed by atoms with Gasteiger partial charge in [-0.05, 0) is 37.7 Å². The number of anilines is 1. The number of amides is 1. The van der Waals surface area contributed by atoms with Crippen LogP contribution in [0.5, 0.6) is 5.75 Å². The van der Waals surface area contributed by atoms with Crippen LogP contribution in [0.4, 0.5) is 5.69 Å². The van der Waals surface area contributed by atoms with Crippen molar-refractivity contribution in [2.24, 2.45) is 11.8 Å². The number of hydrogen-bond donors (Lipinski definition) is 1. The van der Waals surface area contributed by atoms with Crippen LogP contribution >= 0.6 is 0 Å². The smallest absolute Gasteiger partial charge is 0.228 e. The van der Waals surface area contributed by atoms with Crippen LogP contribution in [0.3, 0.4) is 0 Å². The number of ether oxygens (including phenoxy) is 1. The Labute approximate surface area is 141 Å². The largest absolute Gasteiger partial charge is 0.493 e. The van der Waals surface area contributed by atoms with Crippen molar-refractivity contribution >= 4 is 11.6 Å². The molecule has 24 heavy (non-hydrogen) atoms. The lowest BCUT2D eigenvalue weighted by Gasteiger charge is -2.26. The summed E-state index contributed by atoms with van der Waals surface area (Å²) in [5.41, 5.74) is 1.98. The molecule has 1 aliphatic heterocycles. The lowest BCUT2D eigenvalue weighted by molar-refractivity contribution is -0.117. The van der Waals surface area contributed by atoms with Crippen LogP contribution in [0.15, 0.2) is 36.7 Å². The van der Waals surface area contributed by atoms with E-state index in [2.05, 4.69) is 16.5 Å². The molecule has 0 bridgehead atoms. The van der Waals surface area contributed by atoms with Crippen LogP contribution in [-0.4, -0.2) is 22.3 Å². The highest BCUT2D eigenvalue weighted by Crippen LogP contribution is 2.60. The minimum Gasteiger partial charge on any atom is -0.493 e. The average Bonchev–Trinajstić information content (AvgIpc) is 3.49. The van der Waals surface area contributed by atoms with Gasteiger partial charge >= 0.3 is 0 Å². The number of aromatic nitrogens is 2. The summed E-state index contributed by atoms with van der Waals surface area (Å²) in [5.74, 6) is 1.86. The van der Waals surface area contributed by atoms with Crippen molar-refractivity contribution in [2.45, 2.75) is 37.6 Å². The Morgan fingerprint density at radius 2 is 2.25 bits per heavy atom. The predicted octanol–water partition coefficient (Wildman–Crippen LogP) is 2.97. The molecule has 2 atom stereocenters. The molecule has 1 aromatic carbocycles. The lowest BCUT2D eigenvalue weighted by Crippen LogP contribution is -2.26. The van der Waals surface area contributed by atoms with Gasteiger partial charge < -0.3 is 10.1 Å². The zero-order valence-electron chi connectivity index (χ0n) is 13.6. The molecule has 0 radical (unpaired) electrons. The number of nitrogens with one attached hydrogen (secondary N) is 1. The monoisotopic (exact) mass is 323 g/mol. The molecule has 1 aromatic heterocycles. The Bertz CT molecular complexity index is 795. The topological polar surface area (TPSA) is 56.2 Å². The molecule has 2 aliphatic carbocycles. The lowest BCUT2D eigenvalue weighted by atomic mass is 9.87. The van der Waals surface area contributed by atoms with E-state index in [-0.39, 0.29) is 17.2 Å². The molecule has 0 unspecified atom stereocenters. The minimum absolute atomic E-state index is 0.0249. The third-order valence-corrected chi connectivity index (χ3v) is 5.66. The van der Waals surface area contributed by atoms with Gasteiger partial charge in [-0.25, -0.2) is 0 Å². The Morgan fingerprint density at radius 3 is 3.12 bits per heavy atom. The molecule has 1 spiro atoms. The Hall–Kier alpha value is -2.30. The molecule has 5 heteroatoms. The van der Waals surface area contributed by atoms with Gasteiger partial charge in [0.2, 0.25) is 5.91 Å². The minimum atomic E-state index is -0.0249. The van der Waals surface area contributed by atoms with E-state index in [0.717, 1.165) is 36.7 Å². The highest BCUT2D eigenvalue weighted by atomic mass is 16.5. The standard InChI is InChI=1S/C19H21N3O2/c23-18(21-14-10-20-22(12-14)11-13-5-6-13)16-9-19(16)7-8-24-17-4-2-1-3-15(17)19/h1-4,10,12-13,16H,5-9,11H2,(H,21,23)/t16-,19-/m1/s1. The molecule has 5 rings (SSSR count). The molecule has 2 aromatic rings. The predicted molar refractivity (Wildman–Crippen MR) is 89.9 cm³/mol. The van der Waals surface area contributed by atoms with E-state index >= 15 is 0 Å². The number of rotatable bonds is 4. The summed E-state index contributed by atoms with van der Waals surface area (Å²) in [7, 11) is 0. The summed E-state index contributed by atoms with van der Waals surface area (Å²) in [6, 6.07) is 8.13. The molecular weight excluding hydrogens is 302 g/mol. The summed E-state index contributed by atoms with van der Waals surface area (Å²) in [6.07, 6.45) is 8.14. The molecule has 1 amide bonds.